The Morgan fingerprint density at radius 3 is 2.84 bits per heavy atom. The number of rotatable bonds is 6. The molecular weight excluding hydrogens is 240 g/mol. The van der Waals surface area contributed by atoms with Crippen LogP contribution in [0.15, 0.2) is 12.7 Å². The van der Waals surface area contributed by atoms with E-state index in [9.17, 15) is 9.90 Å². The Labute approximate surface area is 116 Å². The molecule has 1 rings (SSSR count). The van der Waals surface area contributed by atoms with E-state index in [0.29, 0.717) is 12.6 Å². The third-order valence-corrected chi connectivity index (χ3v) is 3.83. The van der Waals surface area contributed by atoms with Gasteiger partial charge in [0.25, 0.3) is 0 Å². The highest BCUT2D eigenvalue weighted by atomic mass is 16.3. The first-order valence-electron chi connectivity index (χ1n) is 7.38. The Balaban J connectivity index is 2.66. The van der Waals surface area contributed by atoms with Gasteiger partial charge < -0.3 is 10.4 Å². The topological polar surface area (TPSA) is 52.6 Å². The fourth-order valence-electron chi connectivity index (χ4n) is 2.83. The predicted octanol–water partition coefficient (Wildman–Crippen LogP) is 1.69. The molecule has 19 heavy (non-hydrogen) atoms. The number of nitrogens with one attached hydrogen (secondary N) is 1. The van der Waals surface area contributed by atoms with Crippen LogP contribution in [0.25, 0.3) is 0 Å². The lowest BCUT2D eigenvalue weighted by Crippen LogP contribution is -2.50. The predicted molar refractivity (Wildman–Crippen MR) is 77.9 cm³/mol. The minimum absolute atomic E-state index is 0.0531. The van der Waals surface area contributed by atoms with E-state index in [-0.39, 0.29) is 18.1 Å². The molecule has 0 aromatic heterocycles. The highest BCUT2D eigenvalue weighted by Crippen LogP contribution is 2.22. The third-order valence-electron chi connectivity index (χ3n) is 3.83. The molecule has 0 bridgehead atoms. The number of carbonyl (C=O) groups excluding carboxylic acids is 1. The van der Waals surface area contributed by atoms with Crippen LogP contribution in [-0.2, 0) is 4.79 Å². The fourth-order valence-corrected chi connectivity index (χ4v) is 2.83. The van der Waals surface area contributed by atoms with Crippen molar-refractivity contribution in [3.63, 3.8) is 0 Å². The molecule has 1 fully saturated rings. The van der Waals surface area contributed by atoms with Gasteiger partial charge in [-0.3, -0.25) is 9.69 Å². The summed E-state index contributed by atoms with van der Waals surface area (Å²) in [4.78, 5) is 14.3. The minimum atomic E-state index is -0.311. The summed E-state index contributed by atoms with van der Waals surface area (Å²) < 4.78 is 0. The smallest absolute Gasteiger partial charge is 0.237 e. The van der Waals surface area contributed by atoms with Crippen molar-refractivity contribution in [3.8, 4) is 0 Å². The van der Waals surface area contributed by atoms with Gasteiger partial charge in [-0.2, -0.15) is 0 Å². The molecule has 1 saturated heterocycles. The zero-order chi connectivity index (χ0) is 14.3. The maximum Gasteiger partial charge on any atom is 0.237 e. The van der Waals surface area contributed by atoms with E-state index >= 15 is 0 Å². The first-order valence-corrected chi connectivity index (χ1v) is 7.38. The number of nitrogens with zero attached hydrogens (tertiary/aromatic N) is 1. The van der Waals surface area contributed by atoms with Gasteiger partial charge in [-0.25, -0.2) is 0 Å². The largest absolute Gasteiger partial charge is 0.393 e. The van der Waals surface area contributed by atoms with Crippen LogP contribution in [-0.4, -0.2) is 47.2 Å². The standard InChI is InChI=1S/C15H28N2O2/c1-4-9-16-15(19)13(3)17-10-7-5-6-8-14(17)11-12(2)18/h4,12-14,18H,1,5-11H2,2-3H3,(H,16,19). The van der Waals surface area contributed by atoms with Gasteiger partial charge in [0.15, 0.2) is 0 Å². The number of amides is 1. The molecule has 0 aromatic rings. The lowest BCUT2D eigenvalue weighted by molar-refractivity contribution is -0.126. The average molecular weight is 268 g/mol. The number of hydrogen-bond acceptors (Lipinski definition) is 3. The van der Waals surface area contributed by atoms with Crippen LogP contribution in [0.3, 0.4) is 0 Å². The molecule has 0 spiro atoms. The van der Waals surface area contributed by atoms with Gasteiger partial charge >= 0.3 is 0 Å². The van der Waals surface area contributed by atoms with E-state index in [0.717, 1.165) is 25.8 Å². The molecule has 110 valence electrons. The van der Waals surface area contributed by atoms with Crippen molar-refractivity contribution in [3.05, 3.63) is 12.7 Å². The molecule has 0 radical (unpaired) electrons. The van der Waals surface area contributed by atoms with Crippen molar-refractivity contribution in [1.82, 2.24) is 10.2 Å². The van der Waals surface area contributed by atoms with Crippen molar-refractivity contribution >= 4 is 5.91 Å². The zero-order valence-corrected chi connectivity index (χ0v) is 12.3. The molecule has 3 atom stereocenters. The van der Waals surface area contributed by atoms with Gasteiger partial charge in [-0.15, -0.1) is 6.58 Å². The quantitative estimate of drug-likeness (QED) is 0.721. The lowest BCUT2D eigenvalue weighted by Gasteiger charge is -2.35. The first kappa shape index (κ1) is 16.2. The third kappa shape index (κ3) is 5.33. The summed E-state index contributed by atoms with van der Waals surface area (Å²) in [7, 11) is 0. The van der Waals surface area contributed by atoms with E-state index in [1.165, 1.54) is 12.8 Å². The van der Waals surface area contributed by atoms with Crippen molar-refractivity contribution in [2.75, 3.05) is 13.1 Å². The molecule has 1 heterocycles. The normalized spacial score (nSPS) is 24.3. The van der Waals surface area contributed by atoms with Crippen LogP contribution in [0.5, 0.6) is 0 Å². The number of likely N-dealkylation sites (tertiary alicyclic amines) is 1. The van der Waals surface area contributed by atoms with Crippen molar-refractivity contribution < 1.29 is 9.90 Å². The van der Waals surface area contributed by atoms with Gasteiger partial charge in [0.05, 0.1) is 12.1 Å². The summed E-state index contributed by atoms with van der Waals surface area (Å²) in [6, 6.07) is 0.175. The van der Waals surface area contributed by atoms with Gasteiger partial charge in [0.2, 0.25) is 5.91 Å². The summed E-state index contributed by atoms with van der Waals surface area (Å²) in [6.45, 7) is 8.85. The first-order chi connectivity index (χ1) is 9.06. The zero-order valence-electron chi connectivity index (χ0n) is 12.3. The second-order valence-corrected chi connectivity index (χ2v) is 5.54. The summed E-state index contributed by atoms with van der Waals surface area (Å²) in [5.74, 6) is 0.0531. The van der Waals surface area contributed by atoms with Crippen LogP contribution in [0.1, 0.15) is 46.0 Å². The maximum absolute atomic E-state index is 12.1. The van der Waals surface area contributed by atoms with Crippen molar-refractivity contribution in [2.45, 2.75) is 64.1 Å². The lowest BCUT2D eigenvalue weighted by atomic mass is 10.0. The molecule has 0 saturated carbocycles. The summed E-state index contributed by atoms with van der Waals surface area (Å²) in [5, 5.41) is 12.5. The number of aliphatic hydroxyl groups excluding tert-OH is 1. The summed E-state index contributed by atoms with van der Waals surface area (Å²) in [5.41, 5.74) is 0. The molecule has 1 aliphatic heterocycles. The maximum atomic E-state index is 12.1. The van der Waals surface area contributed by atoms with Crippen LogP contribution in [0.4, 0.5) is 0 Å². The van der Waals surface area contributed by atoms with E-state index in [1.54, 1.807) is 6.08 Å². The van der Waals surface area contributed by atoms with E-state index in [2.05, 4.69) is 16.8 Å². The summed E-state index contributed by atoms with van der Waals surface area (Å²) in [6.07, 6.45) is 6.75. The van der Waals surface area contributed by atoms with Crippen molar-refractivity contribution in [2.24, 2.45) is 0 Å². The van der Waals surface area contributed by atoms with E-state index in [4.69, 9.17) is 0 Å². The molecule has 4 heteroatoms. The van der Waals surface area contributed by atoms with Gasteiger partial charge in [-0.05, 0) is 39.7 Å². The van der Waals surface area contributed by atoms with Gasteiger partial charge in [-0.1, -0.05) is 18.9 Å². The molecule has 2 N–H and O–H groups in total. The molecule has 0 aliphatic carbocycles. The Morgan fingerprint density at radius 2 is 2.21 bits per heavy atom. The van der Waals surface area contributed by atoms with Crippen LogP contribution >= 0.6 is 0 Å². The Hall–Kier alpha value is -0.870. The molecule has 3 unspecified atom stereocenters. The molecule has 1 aliphatic rings. The molecule has 1 amide bonds. The van der Waals surface area contributed by atoms with E-state index < -0.39 is 0 Å². The van der Waals surface area contributed by atoms with E-state index in [1.807, 2.05) is 13.8 Å². The van der Waals surface area contributed by atoms with Crippen LogP contribution in [0.2, 0.25) is 0 Å². The number of aliphatic hydroxyl groups is 1. The Morgan fingerprint density at radius 1 is 1.47 bits per heavy atom. The second kappa shape index (κ2) is 8.33. The summed E-state index contributed by atoms with van der Waals surface area (Å²) >= 11 is 0. The highest BCUT2D eigenvalue weighted by Gasteiger charge is 2.29. The highest BCUT2D eigenvalue weighted by molar-refractivity contribution is 5.81. The monoisotopic (exact) mass is 268 g/mol. The van der Waals surface area contributed by atoms with Gasteiger partial charge in [0.1, 0.15) is 0 Å². The second-order valence-electron chi connectivity index (χ2n) is 5.54. The SMILES string of the molecule is C=CCNC(=O)C(C)N1CCCCCC1CC(C)O. The number of hydrogen-bond donors (Lipinski definition) is 2. The fraction of sp³-hybridized carbons (Fsp3) is 0.800. The molecular formula is C15H28N2O2. The van der Waals surface area contributed by atoms with Crippen molar-refractivity contribution in [1.29, 1.82) is 0 Å². The Bertz CT molecular complexity index is 292. The van der Waals surface area contributed by atoms with Gasteiger partial charge in [0, 0.05) is 12.6 Å². The number of carbonyl (C=O) groups is 1. The molecule has 4 nitrogen and oxygen atoms in total. The average Bonchev–Trinajstić information content (AvgIpc) is 2.59. The van der Waals surface area contributed by atoms with Crippen LogP contribution < -0.4 is 5.32 Å². The minimum Gasteiger partial charge on any atom is -0.393 e. The van der Waals surface area contributed by atoms with Crippen LogP contribution in [0, 0.1) is 0 Å². The Kier molecular flexibility index (Phi) is 7.10. The molecule has 0 aromatic carbocycles.